The van der Waals surface area contributed by atoms with Gasteiger partial charge in [-0.25, -0.2) is 0 Å². The summed E-state index contributed by atoms with van der Waals surface area (Å²) in [6.45, 7) is 0. The first-order valence-electron chi connectivity index (χ1n) is 20.0. The molecule has 2 heterocycles. The van der Waals surface area contributed by atoms with Gasteiger partial charge in [0.15, 0.2) is 0 Å². The number of para-hydroxylation sites is 3. The summed E-state index contributed by atoms with van der Waals surface area (Å²) in [7, 11) is 0. The Bertz CT molecular complexity index is 3430. The summed E-state index contributed by atoms with van der Waals surface area (Å²) in [6, 6.07) is 77.7. The summed E-state index contributed by atoms with van der Waals surface area (Å²) >= 11 is 0. The Morgan fingerprint density at radius 3 is 1.79 bits per heavy atom. The summed E-state index contributed by atoms with van der Waals surface area (Å²) in [5, 5.41) is 11.3. The predicted molar refractivity (Wildman–Crippen MR) is 246 cm³/mol. The molecule has 0 amide bonds. The number of nitrogens with zero attached hydrogens (tertiary/aromatic N) is 1. The van der Waals surface area contributed by atoms with Crippen LogP contribution in [0.1, 0.15) is 0 Å². The summed E-state index contributed by atoms with van der Waals surface area (Å²) in [6.07, 6.45) is 0. The van der Waals surface area contributed by atoms with Crippen molar-refractivity contribution in [2.24, 2.45) is 0 Å². The lowest BCUT2D eigenvalue weighted by Gasteiger charge is -2.16. The van der Waals surface area contributed by atoms with Crippen molar-refractivity contribution in [3.05, 3.63) is 212 Å². The zero-order valence-electron chi connectivity index (χ0n) is 31.7. The summed E-state index contributed by atoms with van der Waals surface area (Å²) in [5.74, 6) is 0. The highest BCUT2D eigenvalue weighted by Gasteiger charge is 2.25. The van der Waals surface area contributed by atoms with E-state index in [1.165, 1.54) is 99.1 Å². The minimum absolute atomic E-state index is 1.06. The third kappa shape index (κ3) is 5.12. The molecule has 2 heteroatoms. The van der Waals surface area contributed by atoms with E-state index in [1.807, 2.05) is 0 Å². The Labute approximate surface area is 336 Å². The SMILES string of the molecule is c1ccc(-c2cc(Nc3ccccc3-c3cccc(-c4ccc5c(c4)c4cccc6c4n5-c4ccccc4-c4cc5ccccc5cc4-6)c3)cc3ccccc23)cc1. The second kappa shape index (κ2) is 12.9. The first kappa shape index (κ1) is 32.6. The average molecular weight is 737 g/mol. The van der Waals surface area contributed by atoms with Crippen LogP contribution in [0.2, 0.25) is 0 Å². The van der Waals surface area contributed by atoms with Crippen molar-refractivity contribution in [2.75, 3.05) is 5.32 Å². The summed E-state index contributed by atoms with van der Waals surface area (Å²) < 4.78 is 2.50. The minimum atomic E-state index is 1.06. The van der Waals surface area contributed by atoms with E-state index in [4.69, 9.17) is 0 Å². The van der Waals surface area contributed by atoms with Gasteiger partial charge in [0.1, 0.15) is 0 Å². The van der Waals surface area contributed by atoms with Crippen LogP contribution in [0, 0.1) is 0 Å². The highest BCUT2D eigenvalue weighted by Crippen LogP contribution is 2.48. The number of fused-ring (bicyclic) bond motifs is 10. The molecule has 10 aromatic carbocycles. The van der Waals surface area contributed by atoms with Gasteiger partial charge in [-0.15, -0.1) is 0 Å². The van der Waals surface area contributed by atoms with E-state index >= 15 is 0 Å². The quantitative estimate of drug-likeness (QED) is 0.186. The number of hydrogen-bond donors (Lipinski definition) is 1. The Morgan fingerprint density at radius 1 is 0.310 bits per heavy atom. The summed E-state index contributed by atoms with van der Waals surface area (Å²) in [4.78, 5) is 0. The molecule has 0 saturated carbocycles. The van der Waals surface area contributed by atoms with Crippen LogP contribution in [0.4, 0.5) is 11.4 Å². The van der Waals surface area contributed by atoms with Crippen molar-refractivity contribution in [3.8, 4) is 61.3 Å². The largest absolute Gasteiger partial charge is 0.355 e. The van der Waals surface area contributed by atoms with Crippen molar-refractivity contribution in [1.82, 2.24) is 4.57 Å². The molecule has 1 N–H and O–H groups in total. The maximum Gasteiger partial charge on any atom is 0.0619 e. The summed E-state index contributed by atoms with van der Waals surface area (Å²) in [5.41, 5.74) is 18.0. The van der Waals surface area contributed by atoms with Crippen molar-refractivity contribution in [3.63, 3.8) is 0 Å². The van der Waals surface area contributed by atoms with E-state index in [2.05, 4.69) is 222 Å². The fraction of sp³-hybridized carbons (Fsp3) is 0. The zero-order chi connectivity index (χ0) is 38.2. The first-order valence-corrected chi connectivity index (χ1v) is 20.0. The van der Waals surface area contributed by atoms with Gasteiger partial charge in [0, 0.05) is 38.8 Å². The highest BCUT2D eigenvalue weighted by atomic mass is 15.0. The zero-order valence-corrected chi connectivity index (χ0v) is 31.7. The number of aromatic nitrogens is 1. The van der Waals surface area contributed by atoms with Gasteiger partial charge in [0.25, 0.3) is 0 Å². The average Bonchev–Trinajstić information content (AvgIpc) is 3.56. The van der Waals surface area contributed by atoms with Crippen LogP contribution in [-0.4, -0.2) is 4.57 Å². The molecule has 1 aromatic heterocycles. The van der Waals surface area contributed by atoms with Crippen LogP contribution in [-0.2, 0) is 0 Å². The molecule has 58 heavy (non-hydrogen) atoms. The van der Waals surface area contributed by atoms with Crippen molar-refractivity contribution >= 4 is 54.7 Å². The van der Waals surface area contributed by atoms with Gasteiger partial charge in [-0.2, -0.15) is 0 Å². The normalized spacial score (nSPS) is 11.8. The topological polar surface area (TPSA) is 17.0 Å². The number of rotatable bonds is 5. The number of anilines is 2. The third-order valence-electron chi connectivity index (χ3n) is 12.1. The molecule has 11 aromatic rings. The molecule has 0 radical (unpaired) electrons. The van der Waals surface area contributed by atoms with E-state index in [0.29, 0.717) is 0 Å². The molecule has 0 aliphatic carbocycles. The van der Waals surface area contributed by atoms with Crippen LogP contribution in [0.3, 0.4) is 0 Å². The van der Waals surface area contributed by atoms with Crippen molar-refractivity contribution in [1.29, 1.82) is 0 Å². The van der Waals surface area contributed by atoms with Crippen LogP contribution < -0.4 is 5.32 Å². The monoisotopic (exact) mass is 736 g/mol. The number of benzene rings is 10. The van der Waals surface area contributed by atoms with Gasteiger partial charge in [0.05, 0.1) is 16.7 Å². The Morgan fingerprint density at radius 2 is 0.931 bits per heavy atom. The lowest BCUT2D eigenvalue weighted by Crippen LogP contribution is -1.95. The molecular formula is C56H36N2. The minimum Gasteiger partial charge on any atom is -0.355 e. The molecule has 0 fully saturated rings. The van der Waals surface area contributed by atoms with Crippen molar-refractivity contribution in [2.45, 2.75) is 0 Å². The lowest BCUT2D eigenvalue weighted by molar-refractivity contribution is 1.19. The first-order chi connectivity index (χ1) is 28.7. The lowest BCUT2D eigenvalue weighted by atomic mass is 9.90. The Kier molecular flexibility index (Phi) is 7.26. The molecule has 0 atom stereocenters. The van der Waals surface area contributed by atoms with E-state index in [9.17, 15) is 0 Å². The second-order valence-electron chi connectivity index (χ2n) is 15.4. The molecule has 270 valence electrons. The molecule has 0 spiro atoms. The second-order valence-corrected chi connectivity index (χ2v) is 15.4. The highest BCUT2D eigenvalue weighted by molar-refractivity contribution is 6.18. The molecule has 1 aliphatic rings. The van der Waals surface area contributed by atoms with Crippen LogP contribution in [0.15, 0.2) is 212 Å². The van der Waals surface area contributed by atoms with E-state index < -0.39 is 0 Å². The molecular weight excluding hydrogens is 701 g/mol. The van der Waals surface area contributed by atoms with Gasteiger partial charge < -0.3 is 9.88 Å². The van der Waals surface area contributed by atoms with Gasteiger partial charge in [-0.1, -0.05) is 158 Å². The fourth-order valence-electron chi connectivity index (χ4n) is 9.40. The van der Waals surface area contributed by atoms with Gasteiger partial charge >= 0.3 is 0 Å². The standard InChI is InChI=1S/C56H36N2/c1-2-14-36(15-3-1)49-35-43(31-42-18-6-7-21-44(42)49)57-53-26-10-8-22-45(53)41-20-12-19-37(30-41)40-28-29-55-52(34-40)48-25-13-24-47-51-33-39-17-5-4-16-38(39)32-50(51)46-23-9-11-27-54(46)58(55)56(47)48/h1-35,57H. The smallest absolute Gasteiger partial charge is 0.0619 e. The number of hydrogen-bond acceptors (Lipinski definition) is 1. The maximum absolute atomic E-state index is 3.82. The van der Waals surface area contributed by atoms with Crippen LogP contribution in [0.5, 0.6) is 0 Å². The molecule has 0 saturated heterocycles. The predicted octanol–water partition coefficient (Wildman–Crippen LogP) is 15.5. The fourth-order valence-corrected chi connectivity index (χ4v) is 9.40. The third-order valence-corrected chi connectivity index (χ3v) is 12.1. The maximum atomic E-state index is 3.82. The van der Waals surface area contributed by atoms with E-state index in [-0.39, 0.29) is 0 Å². The molecule has 2 nitrogen and oxygen atoms in total. The molecule has 12 rings (SSSR count). The van der Waals surface area contributed by atoms with Crippen LogP contribution in [0.25, 0.3) is 105 Å². The van der Waals surface area contributed by atoms with Crippen LogP contribution >= 0.6 is 0 Å². The molecule has 0 unspecified atom stereocenters. The Hall–Kier alpha value is -7.68. The van der Waals surface area contributed by atoms with Gasteiger partial charge in [0.2, 0.25) is 0 Å². The van der Waals surface area contributed by atoms with Gasteiger partial charge in [-0.3, -0.25) is 0 Å². The molecule has 1 aliphatic heterocycles. The van der Waals surface area contributed by atoms with Crippen molar-refractivity contribution < 1.29 is 0 Å². The van der Waals surface area contributed by atoms with E-state index in [1.54, 1.807) is 0 Å². The van der Waals surface area contributed by atoms with Gasteiger partial charge in [-0.05, 0) is 115 Å². The van der Waals surface area contributed by atoms with E-state index in [0.717, 1.165) is 16.9 Å². The molecule has 0 bridgehead atoms. The Balaban J connectivity index is 0.975. The number of nitrogens with one attached hydrogen (secondary N) is 1.